The van der Waals surface area contributed by atoms with E-state index >= 15 is 0 Å². The molecule has 0 radical (unpaired) electrons. The Morgan fingerprint density at radius 2 is 1.80 bits per heavy atom. The van der Waals surface area contributed by atoms with Crippen LogP contribution in [0.5, 0.6) is 0 Å². The minimum Gasteiger partial charge on any atom is -0.334 e. The Hall–Kier alpha value is -2.62. The smallest absolute Gasteiger partial charge is 0.280 e. The summed E-state index contributed by atoms with van der Waals surface area (Å²) in [5.41, 5.74) is 2.46. The zero-order valence-electron chi connectivity index (χ0n) is 11.2. The van der Waals surface area contributed by atoms with Gasteiger partial charge in [0.2, 0.25) is 0 Å². The highest BCUT2D eigenvalue weighted by Gasteiger charge is 2.12. The number of nitrogens with zero attached hydrogens (tertiary/aromatic N) is 2. The van der Waals surface area contributed by atoms with Crippen molar-refractivity contribution >= 4 is 10.9 Å². The molecule has 0 atom stereocenters. The molecular formula is C16H15N3O. The van der Waals surface area contributed by atoms with Crippen molar-refractivity contribution in [2.75, 3.05) is 5.84 Å². The van der Waals surface area contributed by atoms with Crippen LogP contribution in [0.4, 0.5) is 0 Å². The molecule has 0 aliphatic rings. The van der Waals surface area contributed by atoms with Gasteiger partial charge in [-0.2, -0.15) is 0 Å². The molecular weight excluding hydrogens is 250 g/mol. The van der Waals surface area contributed by atoms with Crippen LogP contribution in [0, 0.1) is 0 Å². The molecule has 0 fully saturated rings. The second-order valence-corrected chi connectivity index (χ2v) is 4.64. The monoisotopic (exact) mass is 265 g/mol. The molecule has 4 heteroatoms. The van der Waals surface area contributed by atoms with E-state index in [2.05, 4.69) is 11.9 Å². The lowest BCUT2D eigenvalue weighted by molar-refractivity contribution is 0.922. The third kappa shape index (κ3) is 1.86. The lowest BCUT2D eigenvalue weighted by Crippen LogP contribution is -2.30. The number of benzene rings is 2. The van der Waals surface area contributed by atoms with E-state index in [1.165, 1.54) is 0 Å². The number of aryl methyl sites for hydroxylation is 1. The molecule has 0 aliphatic carbocycles. The third-order valence-electron chi connectivity index (χ3n) is 3.45. The van der Waals surface area contributed by atoms with E-state index in [1.54, 1.807) is 6.07 Å². The van der Waals surface area contributed by atoms with Crippen LogP contribution in [0.25, 0.3) is 22.3 Å². The van der Waals surface area contributed by atoms with Crippen molar-refractivity contribution in [2.24, 2.45) is 0 Å². The van der Waals surface area contributed by atoms with Crippen LogP contribution in [0.15, 0.2) is 53.3 Å². The molecule has 0 bridgehead atoms. The first-order valence-electron chi connectivity index (χ1n) is 6.57. The van der Waals surface area contributed by atoms with E-state index in [0.29, 0.717) is 16.7 Å². The first-order valence-corrected chi connectivity index (χ1v) is 6.57. The van der Waals surface area contributed by atoms with Crippen molar-refractivity contribution in [3.05, 3.63) is 64.4 Å². The Balaban J connectivity index is 2.37. The Morgan fingerprint density at radius 1 is 1.10 bits per heavy atom. The summed E-state index contributed by atoms with van der Waals surface area (Å²) in [7, 11) is 0. The second kappa shape index (κ2) is 4.81. The Morgan fingerprint density at radius 3 is 2.60 bits per heavy atom. The van der Waals surface area contributed by atoms with E-state index in [9.17, 15) is 4.79 Å². The van der Waals surface area contributed by atoms with Gasteiger partial charge in [-0.3, -0.25) is 4.79 Å². The van der Waals surface area contributed by atoms with Gasteiger partial charge in [-0.05, 0) is 24.1 Å². The SMILES string of the molecule is CCc1ccccc1-c1nc2ccccc2c(=O)n1N. The van der Waals surface area contributed by atoms with E-state index < -0.39 is 0 Å². The number of rotatable bonds is 2. The van der Waals surface area contributed by atoms with Gasteiger partial charge in [0.15, 0.2) is 5.82 Å². The maximum absolute atomic E-state index is 12.3. The van der Waals surface area contributed by atoms with Crippen LogP contribution in [-0.2, 0) is 6.42 Å². The first-order chi connectivity index (χ1) is 9.72. The topological polar surface area (TPSA) is 60.9 Å². The van der Waals surface area contributed by atoms with Gasteiger partial charge in [-0.1, -0.05) is 43.3 Å². The Kier molecular flexibility index (Phi) is 2.99. The first kappa shape index (κ1) is 12.4. The zero-order valence-corrected chi connectivity index (χ0v) is 11.2. The second-order valence-electron chi connectivity index (χ2n) is 4.64. The number of hydrogen-bond donors (Lipinski definition) is 1. The summed E-state index contributed by atoms with van der Waals surface area (Å²) in [6, 6.07) is 15.1. The molecule has 1 aromatic heterocycles. The van der Waals surface area contributed by atoms with Gasteiger partial charge < -0.3 is 5.84 Å². The summed E-state index contributed by atoms with van der Waals surface area (Å²) >= 11 is 0. The van der Waals surface area contributed by atoms with Gasteiger partial charge in [-0.25, -0.2) is 9.66 Å². The predicted molar refractivity (Wildman–Crippen MR) is 81.0 cm³/mol. The van der Waals surface area contributed by atoms with Gasteiger partial charge >= 0.3 is 0 Å². The minimum atomic E-state index is -0.225. The van der Waals surface area contributed by atoms with Crippen molar-refractivity contribution in [1.29, 1.82) is 0 Å². The van der Waals surface area contributed by atoms with Crippen molar-refractivity contribution in [2.45, 2.75) is 13.3 Å². The van der Waals surface area contributed by atoms with Crippen molar-refractivity contribution < 1.29 is 0 Å². The quantitative estimate of drug-likeness (QED) is 0.723. The highest BCUT2D eigenvalue weighted by molar-refractivity contribution is 5.80. The van der Waals surface area contributed by atoms with E-state index in [4.69, 9.17) is 5.84 Å². The van der Waals surface area contributed by atoms with Crippen LogP contribution in [0.2, 0.25) is 0 Å². The highest BCUT2D eigenvalue weighted by Crippen LogP contribution is 2.22. The summed E-state index contributed by atoms with van der Waals surface area (Å²) in [5, 5.41) is 0.535. The molecule has 0 spiro atoms. The molecule has 2 aromatic carbocycles. The summed E-state index contributed by atoms with van der Waals surface area (Å²) in [4.78, 5) is 16.9. The molecule has 20 heavy (non-hydrogen) atoms. The number of para-hydroxylation sites is 1. The van der Waals surface area contributed by atoms with Gasteiger partial charge in [0.05, 0.1) is 10.9 Å². The molecule has 1 heterocycles. The number of aromatic nitrogens is 2. The lowest BCUT2D eigenvalue weighted by Gasteiger charge is -2.11. The van der Waals surface area contributed by atoms with Crippen molar-refractivity contribution in [1.82, 2.24) is 9.66 Å². The number of hydrogen-bond acceptors (Lipinski definition) is 3. The van der Waals surface area contributed by atoms with Gasteiger partial charge in [0, 0.05) is 5.56 Å². The fourth-order valence-electron chi connectivity index (χ4n) is 2.38. The lowest BCUT2D eigenvalue weighted by atomic mass is 10.0. The molecule has 2 N–H and O–H groups in total. The maximum atomic E-state index is 12.3. The fraction of sp³-hybridized carbons (Fsp3) is 0.125. The molecule has 0 unspecified atom stereocenters. The summed E-state index contributed by atoms with van der Waals surface area (Å²) in [5.74, 6) is 6.45. The molecule has 3 aromatic rings. The van der Waals surface area contributed by atoms with Gasteiger partial charge in [0.1, 0.15) is 0 Å². The largest absolute Gasteiger partial charge is 0.334 e. The van der Waals surface area contributed by atoms with Crippen LogP contribution in [0.3, 0.4) is 0 Å². The number of fused-ring (bicyclic) bond motifs is 1. The summed E-state index contributed by atoms with van der Waals surface area (Å²) < 4.78 is 1.14. The number of nitrogens with two attached hydrogens (primary N) is 1. The third-order valence-corrected chi connectivity index (χ3v) is 3.45. The molecule has 100 valence electrons. The summed E-state index contributed by atoms with van der Waals surface area (Å²) in [6.07, 6.45) is 0.860. The molecule has 0 saturated carbocycles. The maximum Gasteiger partial charge on any atom is 0.280 e. The van der Waals surface area contributed by atoms with E-state index in [1.807, 2.05) is 42.5 Å². The average molecular weight is 265 g/mol. The summed E-state index contributed by atoms with van der Waals surface area (Å²) in [6.45, 7) is 2.07. The van der Waals surface area contributed by atoms with E-state index in [-0.39, 0.29) is 5.56 Å². The van der Waals surface area contributed by atoms with E-state index in [0.717, 1.165) is 22.2 Å². The molecule has 3 rings (SSSR count). The Labute approximate surface area is 116 Å². The predicted octanol–water partition coefficient (Wildman–Crippen LogP) is 2.34. The standard InChI is InChI=1S/C16H15N3O/c1-2-11-7-3-4-8-12(11)15-18-14-10-6-5-9-13(14)16(20)19(15)17/h3-10H,2,17H2,1H3. The van der Waals surface area contributed by atoms with Crippen molar-refractivity contribution in [3.63, 3.8) is 0 Å². The normalized spacial score (nSPS) is 10.8. The highest BCUT2D eigenvalue weighted by atomic mass is 16.1. The van der Waals surface area contributed by atoms with Crippen LogP contribution >= 0.6 is 0 Å². The van der Waals surface area contributed by atoms with Gasteiger partial charge in [-0.15, -0.1) is 0 Å². The Bertz CT molecular complexity index is 836. The minimum absolute atomic E-state index is 0.225. The van der Waals surface area contributed by atoms with Crippen molar-refractivity contribution in [3.8, 4) is 11.4 Å². The molecule has 0 aliphatic heterocycles. The fourth-order valence-corrected chi connectivity index (χ4v) is 2.38. The molecule has 4 nitrogen and oxygen atoms in total. The van der Waals surface area contributed by atoms with Gasteiger partial charge in [0.25, 0.3) is 5.56 Å². The average Bonchev–Trinajstić information content (AvgIpc) is 2.51. The van der Waals surface area contributed by atoms with Crippen LogP contribution in [-0.4, -0.2) is 9.66 Å². The number of nitrogen functional groups attached to an aromatic ring is 1. The van der Waals surface area contributed by atoms with Crippen LogP contribution < -0.4 is 11.4 Å². The zero-order chi connectivity index (χ0) is 14.1. The molecule has 0 saturated heterocycles. The molecule has 0 amide bonds. The van der Waals surface area contributed by atoms with Crippen LogP contribution in [0.1, 0.15) is 12.5 Å².